The summed E-state index contributed by atoms with van der Waals surface area (Å²) in [7, 11) is 3.90. The summed E-state index contributed by atoms with van der Waals surface area (Å²) in [5.41, 5.74) is 6.14. The number of aromatic nitrogens is 1. The van der Waals surface area contributed by atoms with Gasteiger partial charge in [-0.2, -0.15) is 4.99 Å². The third kappa shape index (κ3) is 5.79. The summed E-state index contributed by atoms with van der Waals surface area (Å²) in [6, 6.07) is 3.72. The number of halogens is 2. The van der Waals surface area contributed by atoms with E-state index in [-0.39, 0.29) is 30.7 Å². The van der Waals surface area contributed by atoms with Gasteiger partial charge in [0, 0.05) is 31.4 Å². The van der Waals surface area contributed by atoms with Crippen molar-refractivity contribution in [1.82, 2.24) is 4.98 Å². The molecule has 0 saturated heterocycles. The van der Waals surface area contributed by atoms with Crippen molar-refractivity contribution in [3.8, 4) is 0 Å². The second-order valence-electron chi connectivity index (χ2n) is 4.34. The van der Waals surface area contributed by atoms with Crippen molar-refractivity contribution in [2.45, 2.75) is 20.3 Å². The first kappa shape index (κ1) is 22.9. The van der Waals surface area contributed by atoms with E-state index in [1.165, 1.54) is 17.8 Å². The molecule has 0 fully saturated rings. The van der Waals surface area contributed by atoms with Crippen molar-refractivity contribution in [2.75, 3.05) is 19.0 Å². The molecule has 8 heteroatoms. The molecule has 2 N–H and O–H groups in total. The van der Waals surface area contributed by atoms with Crippen LogP contribution < -0.4 is 10.6 Å². The van der Waals surface area contributed by atoms with Gasteiger partial charge < -0.3 is 10.6 Å². The van der Waals surface area contributed by atoms with Crippen LogP contribution in [0, 0.1) is 0 Å². The highest BCUT2D eigenvalue weighted by Gasteiger charge is 2.12. The molecule has 2 rings (SSSR count). The molecular weight excluding hydrogens is 343 g/mol. The molecule has 0 atom stereocenters. The van der Waals surface area contributed by atoms with Crippen LogP contribution in [0.25, 0.3) is 10.2 Å². The fourth-order valence-corrected chi connectivity index (χ4v) is 2.46. The minimum atomic E-state index is -0.333. The summed E-state index contributed by atoms with van der Waals surface area (Å²) in [5, 5.41) is 0.957. The Morgan fingerprint density at radius 1 is 1.41 bits per heavy atom. The number of anilines is 1. The molecule has 0 aliphatic heterocycles. The van der Waals surface area contributed by atoms with Crippen LogP contribution in [0.4, 0.5) is 5.69 Å². The number of hydrogen-bond acceptors (Lipinski definition) is 4. The average Bonchev–Trinajstić information content (AvgIpc) is 2.83. The lowest BCUT2D eigenvalue weighted by atomic mass is 10.2. The predicted molar refractivity (Wildman–Crippen MR) is 101 cm³/mol. The van der Waals surface area contributed by atoms with Gasteiger partial charge in [-0.15, -0.1) is 36.2 Å². The lowest BCUT2D eigenvalue weighted by molar-refractivity contribution is 0.101. The molecule has 0 bridgehead atoms. The van der Waals surface area contributed by atoms with E-state index < -0.39 is 0 Å². The Kier molecular flexibility index (Phi) is 11.7. The van der Waals surface area contributed by atoms with E-state index >= 15 is 0 Å². The lowest BCUT2D eigenvalue weighted by Crippen LogP contribution is -2.08. The number of fused-ring (bicyclic) bond motifs is 1. The molecule has 2 aromatic rings. The summed E-state index contributed by atoms with van der Waals surface area (Å²) < 4.78 is 0. The molecule has 0 saturated carbocycles. The highest BCUT2D eigenvalue weighted by atomic mass is 35.5. The van der Waals surface area contributed by atoms with Crippen LogP contribution in [0.3, 0.4) is 0 Å². The fourth-order valence-electron chi connectivity index (χ4n) is 1.55. The van der Waals surface area contributed by atoms with Crippen LogP contribution in [-0.4, -0.2) is 31.3 Å². The Bertz CT molecular complexity index is 614. The molecule has 0 aliphatic rings. The maximum absolute atomic E-state index is 11.6. The standard InChI is InChI=1S/C11H12N4OS.C3H8.2ClH/c1-15(2)8-3-4-13-11-7(8)5-9(17-11)10(16)14-6-12;1-3-2;;/h3-6H,1-2H3,(H2,12,14,16);3H2,1-2H3;2*1H. The number of carbonyl (C=O) groups is 1. The van der Waals surface area contributed by atoms with E-state index in [9.17, 15) is 4.79 Å². The molecule has 0 aliphatic carbocycles. The van der Waals surface area contributed by atoms with Crippen molar-refractivity contribution in [2.24, 2.45) is 10.7 Å². The molecule has 124 valence electrons. The zero-order valence-electron chi connectivity index (χ0n) is 13.1. The quantitative estimate of drug-likeness (QED) is 0.650. The zero-order valence-corrected chi connectivity index (χ0v) is 15.5. The maximum Gasteiger partial charge on any atom is 0.288 e. The molecule has 22 heavy (non-hydrogen) atoms. The fraction of sp³-hybridized carbons (Fsp3) is 0.357. The third-order valence-corrected chi connectivity index (χ3v) is 3.33. The first-order valence-corrected chi connectivity index (χ1v) is 7.21. The van der Waals surface area contributed by atoms with E-state index in [0.717, 1.165) is 22.2 Å². The van der Waals surface area contributed by atoms with E-state index in [1.54, 1.807) is 12.3 Å². The molecule has 2 aromatic heterocycles. The van der Waals surface area contributed by atoms with E-state index in [0.29, 0.717) is 4.88 Å². The topological polar surface area (TPSA) is 71.6 Å². The van der Waals surface area contributed by atoms with E-state index in [4.69, 9.17) is 5.73 Å². The first-order valence-electron chi connectivity index (χ1n) is 6.39. The van der Waals surface area contributed by atoms with Crippen molar-refractivity contribution in [1.29, 1.82) is 0 Å². The van der Waals surface area contributed by atoms with Gasteiger partial charge in [0.25, 0.3) is 5.91 Å². The number of rotatable bonds is 2. The molecule has 1 amide bonds. The molecule has 5 nitrogen and oxygen atoms in total. The number of hydrogen-bond donors (Lipinski definition) is 1. The SMILES string of the molecule is CCC.CN(C)c1ccnc2sc(C(=O)N=CN)cc12.Cl.Cl. The van der Waals surface area contributed by atoms with Gasteiger partial charge in [-0.05, 0) is 12.1 Å². The van der Waals surface area contributed by atoms with Crippen LogP contribution in [0.2, 0.25) is 0 Å². The largest absolute Gasteiger partial charge is 0.390 e. The highest BCUT2D eigenvalue weighted by molar-refractivity contribution is 7.20. The van der Waals surface area contributed by atoms with Gasteiger partial charge in [-0.1, -0.05) is 20.3 Å². The highest BCUT2D eigenvalue weighted by Crippen LogP contribution is 2.31. The second kappa shape index (κ2) is 11.2. The van der Waals surface area contributed by atoms with Gasteiger partial charge in [0.1, 0.15) is 4.83 Å². The zero-order chi connectivity index (χ0) is 15.1. The smallest absolute Gasteiger partial charge is 0.288 e. The Morgan fingerprint density at radius 2 is 2.00 bits per heavy atom. The maximum atomic E-state index is 11.6. The number of amides is 1. The number of pyridine rings is 1. The number of aliphatic imine (C=N–C) groups is 1. The van der Waals surface area contributed by atoms with Crippen molar-refractivity contribution >= 4 is 64.3 Å². The normalized spacial score (nSPS) is 9.45. The second-order valence-corrected chi connectivity index (χ2v) is 5.38. The summed E-state index contributed by atoms with van der Waals surface area (Å²) in [4.78, 5) is 22.7. The summed E-state index contributed by atoms with van der Waals surface area (Å²) >= 11 is 1.32. The summed E-state index contributed by atoms with van der Waals surface area (Å²) in [6.45, 7) is 4.25. The van der Waals surface area contributed by atoms with Crippen LogP contribution >= 0.6 is 36.2 Å². The molecule has 2 heterocycles. The first-order chi connectivity index (χ1) is 9.54. The van der Waals surface area contributed by atoms with Gasteiger partial charge in [-0.3, -0.25) is 4.79 Å². The van der Waals surface area contributed by atoms with Crippen LogP contribution in [0.5, 0.6) is 0 Å². The predicted octanol–water partition coefficient (Wildman–Crippen LogP) is 3.75. The van der Waals surface area contributed by atoms with Crippen molar-refractivity contribution < 1.29 is 4.79 Å². The Labute approximate surface area is 147 Å². The number of thiophene rings is 1. The number of nitrogens with zero attached hydrogens (tertiary/aromatic N) is 3. The van der Waals surface area contributed by atoms with E-state index in [2.05, 4.69) is 23.8 Å². The van der Waals surface area contributed by atoms with Gasteiger partial charge in [0.15, 0.2) is 0 Å². The van der Waals surface area contributed by atoms with Crippen LogP contribution in [-0.2, 0) is 0 Å². The van der Waals surface area contributed by atoms with Gasteiger partial charge in [-0.25, -0.2) is 4.98 Å². The molecule has 0 radical (unpaired) electrons. The van der Waals surface area contributed by atoms with Crippen molar-refractivity contribution in [3.63, 3.8) is 0 Å². The van der Waals surface area contributed by atoms with Crippen molar-refractivity contribution in [3.05, 3.63) is 23.2 Å². The Balaban J connectivity index is 0. The average molecular weight is 365 g/mol. The van der Waals surface area contributed by atoms with Crippen LogP contribution in [0.1, 0.15) is 29.9 Å². The monoisotopic (exact) mass is 364 g/mol. The molecular formula is C14H22Cl2N4OS. The van der Waals surface area contributed by atoms with E-state index in [1.807, 2.05) is 25.1 Å². The lowest BCUT2D eigenvalue weighted by Gasteiger charge is -2.12. The van der Waals surface area contributed by atoms with Gasteiger partial charge >= 0.3 is 0 Å². The third-order valence-electron chi connectivity index (χ3n) is 2.30. The molecule has 0 aromatic carbocycles. The number of carbonyl (C=O) groups excluding carboxylic acids is 1. The summed E-state index contributed by atoms with van der Waals surface area (Å²) in [6.07, 6.45) is 3.99. The Hall–Kier alpha value is -1.37. The molecule has 0 unspecified atom stereocenters. The number of nitrogens with two attached hydrogens (primary N) is 1. The Morgan fingerprint density at radius 3 is 2.50 bits per heavy atom. The van der Waals surface area contributed by atoms with Gasteiger partial charge in [0.05, 0.1) is 11.2 Å². The van der Waals surface area contributed by atoms with Crippen LogP contribution in [0.15, 0.2) is 23.3 Å². The minimum Gasteiger partial charge on any atom is -0.390 e. The summed E-state index contributed by atoms with van der Waals surface area (Å²) in [5.74, 6) is -0.333. The van der Waals surface area contributed by atoms with Gasteiger partial charge in [0.2, 0.25) is 0 Å². The minimum absolute atomic E-state index is 0. The molecule has 0 spiro atoms.